The van der Waals surface area contributed by atoms with E-state index in [0.717, 1.165) is 25.8 Å². The lowest BCUT2D eigenvalue weighted by molar-refractivity contribution is -0.126. The Morgan fingerprint density at radius 1 is 1.08 bits per heavy atom. The van der Waals surface area contributed by atoms with Crippen molar-refractivity contribution in [3.63, 3.8) is 0 Å². The molecule has 136 valence electrons. The van der Waals surface area contributed by atoms with Crippen LogP contribution >= 0.6 is 0 Å². The van der Waals surface area contributed by atoms with Crippen LogP contribution in [0, 0.1) is 5.92 Å². The lowest BCUT2D eigenvalue weighted by atomic mass is 9.95. The van der Waals surface area contributed by atoms with Crippen molar-refractivity contribution < 1.29 is 19.5 Å². The van der Waals surface area contributed by atoms with Gasteiger partial charge in [-0.1, -0.05) is 19.8 Å². The van der Waals surface area contributed by atoms with Gasteiger partial charge in [-0.2, -0.15) is 0 Å². The third-order valence-electron chi connectivity index (χ3n) is 4.61. The number of carbonyl (C=O) groups excluding carboxylic acids is 2. The number of rotatable bonds is 7. The molecule has 2 N–H and O–H groups in total. The zero-order chi connectivity index (χ0) is 18.2. The van der Waals surface area contributed by atoms with E-state index in [4.69, 9.17) is 5.11 Å². The number of carboxylic acids is 1. The maximum Gasteiger partial charge on any atom is 0.335 e. The van der Waals surface area contributed by atoms with Crippen molar-refractivity contribution in [3.05, 3.63) is 35.4 Å². The van der Waals surface area contributed by atoms with E-state index in [1.54, 1.807) is 4.90 Å². The van der Waals surface area contributed by atoms with E-state index in [9.17, 15) is 14.4 Å². The number of aromatic carboxylic acids is 1. The van der Waals surface area contributed by atoms with Crippen molar-refractivity contribution in [1.29, 1.82) is 0 Å². The lowest BCUT2D eigenvalue weighted by Crippen LogP contribution is -2.43. The first-order valence-electron chi connectivity index (χ1n) is 8.93. The van der Waals surface area contributed by atoms with E-state index in [1.165, 1.54) is 24.3 Å². The number of benzene rings is 1. The zero-order valence-corrected chi connectivity index (χ0v) is 14.7. The van der Waals surface area contributed by atoms with Gasteiger partial charge < -0.3 is 15.3 Å². The minimum atomic E-state index is -1.01. The third kappa shape index (κ3) is 5.31. The molecule has 0 spiro atoms. The Morgan fingerprint density at radius 2 is 1.68 bits per heavy atom. The predicted octanol–water partition coefficient (Wildman–Crippen LogP) is 2.54. The van der Waals surface area contributed by atoms with Gasteiger partial charge in [-0.15, -0.1) is 0 Å². The Hall–Kier alpha value is -2.37. The Bertz CT molecular complexity index is 604. The van der Waals surface area contributed by atoms with Crippen LogP contribution < -0.4 is 5.32 Å². The smallest absolute Gasteiger partial charge is 0.335 e. The van der Waals surface area contributed by atoms with Crippen LogP contribution in [0.4, 0.5) is 0 Å². The van der Waals surface area contributed by atoms with Crippen LogP contribution in [0.1, 0.15) is 59.7 Å². The van der Waals surface area contributed by atoms with Crippen molar-refractivity contribution in [3.8, 4) is 0 Å². The summed E-state index contributed by atoms with van der Waals surface area (Å²) < 4.78 is 0. The van der Waals surface area contributed by atoms with E-state index < -0.39 is 5.97 Å². The van der Waals surface area contributed by atoms with Crippen LogP contribution in [-0.2, 0) is 4.79 Å². The molecule has 1 fully saturated rings. The van der Waals surface area contributed by atoms with E-state index >= 15 is 0 Å². The van der Waals surface area contributed by atoms with E-state index in [0.29, 0.717) is 31.5 Å². The molecule has 6 heteroatoms. The molecule has 1 saturated heterocycles. The van der Waals surface area contributed by atoms with Crippen LogP contribution in [-0.4, -0.2) is 47.4 Å². The molecule has 0 radical (unpaired) electrons. The standard InChI is InChI=1S/C19H26N2O4/c1-2-3-4-11-20-17(22)14-9-12-21(13-10-14)18(23)15-5-7-16(8-6-15)19(24)25/h5-8,14H,2-4,9-13H2,1H3,(H,20,22)(H,24,25). The van der Waals surface area contributed by atoms with Crippen LogP contribution in [0.3, 0.4) is 0 Å². The molecule has 1 aliphatic heterocycles. The summed E-state index contributed by atoms with van der Waals surface area (Å²) >= 11 is 0. The molecule has 25 heavy (non-hydrogen) atoms. The fourth-order valence-corrected chi connectivity index (χ4v) is 3.01. The van der Waals surface area contributed by atoms with Gasteiger partial charge in [0.25, 0.3) is 5.91 Å². The Morgan fingerprint density at radius 3 is 2.24 bits per heavy atom. The summed E-state index contributed by atoms with van der Waals surface area (Å²) in [5, 5.41) is 11.9. The number of nitrogens with one attached hydrogen (secondary N) is 1. The molecule has 0 bridgehead atoms. The van der Waals surface area contributed by atoms with Crippen LogP contribution in [0.15, 0.2) is 24.3 Å². The van der Waals surface area contributed by atoms with Crippen LogP contribution in [0.25, 0.3) is 0 Å². The maximum absolute atomic E-state index is 12.5. The molecule has 1 aliphatic rings. The Kier molecular flexibility index (Phi) is 6.98. The highest BCUT2D eigenvalue weighted by molar-refractivity contribution is 5.96. The maximum atomic E-state index is 12.5. The SMILES string of the molecule is CCCCCNC(=O)C1CCN(C(=O)c2ccc(C(=O)O)cc2)CC1. The topological polar surface area (TPSA) is 86.7 Å². The van der Waals surface area contributed by atoms with Crippen molar-refractivity contribution in [2.75, 3.05) is 19.6 Å². The number of piperidine rings is 1. The number of hydrogen-bond donors (Lipinski definition) is 2. The van der Waals surface area contributed by atoms with Crippen molar-refractivity contribution in [1.82, 2.24) is 10.2 Å². The quantitative estimate of drug-likeness (QED) is 0.743. The van der Waals surface area contributed by atoms with Gasteiger partial charge in [-0.3, -0.25) is 9.59 Å². The molecule has 2 amide bonds. The molecule has 1 aromatic carbocycles. The molecule has 0 aliphatic carbocycles. The van der Waals surface area contributed by atoms with E-state index in [-0.39, 0.29) is 23.3 Å². The molecule has 0 atom stereocenters. The monoisotopic (exact) mass is 346 g/mol. The molecule has 2 rings (SSSR count). The Labute approximate surface area is 148 Å². The first-order chi connectivity index (χ1) is 12.0. The van der Waals surface area contributed by atoms with Crippen LogP contribution in [0.5, 0.6) is 0 Å². The second kappa shape index (κ2) is 9.20. The summed E-state index contributed by atoms with van der Waals surface area (Å²) in [7, 11) is 0. The number of hydrogen-bond acceptors (Lipinski definition) is 3. The van der Waals surface area contributed by atoms with Crippen LogP contribution in [0.2, 0.25) is 0 Å². The van der Waals surface area contributed by atoms with Gasteiger partial charge in [0.15, 0.2) is 0 Å². The first kappa shape index (κ1) is 19.0. The molecular weight excluding hydrogens is 320 g/mol. The number of likely N-dealkylation sites (tertiary alicyclic amines) is 1. The molecular formula is C19H26N2O4. The largest absolute Gasteiger partial charge is 0.478 e. The summed E-state index contributed by atoms with van der Waals surface area (Å²) in [6, 6.07) is 5.95. The van der Waals surface area contributed by atoms with Gasteiger partial charge in [0.1, 0.15) is 0 Å². The van der Waals surface area contributed by atoms with Gasteiger partial charge >= 0.3 is 5.97 Å². The van der Waals surface area contributed by atoms with Gasteiger partial charge in [0, 0.05) is 31.1 Å². The van der Waals surface area contributed by atoms with Crippen molar-refractivity contribution >= 4 is 17.8 Å². The summed E-state index contributed by atoms with van der Waals surface area (Å²) in [6.45, 7) is 3.95. The average Bonchev–Trinajstić information content (AvgIpc) is 2.64. The number of amides is 2. The highest BCUT2D eigenvalue weighted by Crippen LogP contribution is 2.19. The lowest BCUT2D eigenvalue weighted by Gasteiger charge is -2.31. The molecule has 0 saturated carbocycles. The second-order valence-corrected chi connectivity index (χ2v) is 6.45. The fourth-order valence-electron chi connectivity index (χ4n) is 3.01. The minimum absolute atomic E-state index is 0.0277. The van der Waals surface area contributed by atoms with Gasteiger partial charge in [-0.05, 0) is 43.5 Å². The zero-order valence-electron chi connectivity index (χ0n) is 14.7. The summed E-state index contributed by atoms with van der Waals surface area (Å²) in [4.78, 5) is 37.2. The average molecular weight is 346 g/mol. The van der Waals surface area contributed by atoms with Crippen molar-refractivity contribution in [2.45, 2.75) is 39.0 Å². The summed E-state index contributed by atoms with van der Waals surface area (Å²) in [6.07, 6.45) is 4.58. The first-order valence-corrected chi connectivity index (χ1v) is 8.93. The Balaban J connectivity index is 1.81. The normalized spacial score (nSPS) is 15.0. The third-order valence-corrected chi connectivity index (χ3v) is 4.61. The second-order valence-electron chi connectivity index (χ2n) is 6.45. The summed E-state index contributed by atoms with van der Waals surface area (Å²) in [5.41, 5.74) is 0.641. The predicted molar refractivity (Wildman–Crippen MR) is 94.6 cm³/mol. The number of carbonyl (C=O) groups is 3. The molecule has 1 heterocycles. The summed E-state index contributed by atoms with van der Waals surface area (Å²) in [5.74, 6) is -1.06. The van der Waals surface area contributed by atoms with Gasteiger partial charge in [0.05, 0.1) is 5.56 Å². The highest BCUT2D eigenvalue weighted by atomic mass is 16.4. The van der Waals surface area contributed by atoms with Gasteiger partial charge in [-0.25, -0.2) is 4.79 Å². The van der Waals surface area contributed by atoms with E-state index in [1.807, 2.05) is 0 Å². The highest BCUT2D eigenvalue weighted by Gasteiger charge is 2.27. The molecule has 1 aromatic rings. The number of unbranched alkanes of at least 4 members (excludes halogenated alkanes) is 2. The molecule has 6 nitrogen and oxygen atoms in total. The number of nitrogens with zero attached hydrogens (tertiary/aromatic N) is 1. The molecule has 0 unspecified atom stereocenters. The van der Waals surface area contributed by atoms with E-state index in [2.05, 4.69) is 12.2 Å². The van der Waals surface area contributed by atoms with Gasteiger partial charge in [0.2, 0.25) is 5.91 Å². The van der Waals surface area contributed by atoms with Crippen molar-refractivity contribution in [2.24, 2.45) is 5.92 Å². The minimum Gasteiger partial charge on any atom is -0.478 e. The fraction of sp³-hybridized carbons (Fsp3) is 0.526. The molecule has 0 aromatic heterocycles. The number of carboxylic acid groups (broad SMARTS) is 1.